The van der Waals surface area contributed by atoms with Crippen LogP contribution in [0.15, 0.2) is 48.5 Å². The first kappa shape index (κ1) is 18.0. The number of likely N-dealkylation sites (N-methyl/N-ethyl adjacent to an activating group) is 1. The Bertz CT molecular complexity index is 794. The van der Waals surface area contributed by atoms with E-state index in [-0.39, 0.29) is 18.4 Å². The molecule has 0 radical (unpaired) electrons. The van der Waals surface area contributed by atoms with E-state index in [1.165, 1.54) is 4.90 Å². The number of para-hydroxylation sites is 1. The van der Waals surface area contributed by atoms with Crippen LogP contribution in [0.3, 0.4) is 0 Å². The van der Waals surface area contributed by atoms with Crippen LogP contribution >= 0.6 is 0 Å². The molecule has 0 heterocycles. The van der Waals surface area contributed by atoms with Gasteiger partial charge in [-0.1, -0.05) is 24.3 Å². The van der Waals surface area contributed by atoms with Gasteiger partial charge < -0.3 is 15.0 Å². The summed E-state index contributed by atoms with van der Waals surface area (Å²) in [5, 5.41) is 11.6. The van der Waals surface area contributed by atoms with Gasteiger partial charge in [-0.3, -0.25) is 9.59 Å². The molecule has 0 spiro atoms. The molecule has 0 aromatic heterocycles. The number of carbonyl (C=O) groups excluding carboxylic acids is 2. The van der Waals surface area contributed by atoms with Gasteiger partial charge in [0.2, 0.25) is 0 Å². The van der Waals surface area contributed by atoms with E-state index < -0.39 is 0 Å². The normalized spacial score (nSPS) is 9.80. The van der Waals surface area contributed by atoms with E-state index in [0.717, 1.165) is 5.56 Å². The third-order valence-electron chi connectivity index (χ3n) is 3.65. The molecule has 128 valence electrons. The first-order valence-electron chi connectivity index (χ1n) is 7.72. The zero-order valence-electron chi connectivity index (χ0n) is 14.2. The molecule has 0 saturated heterocycles. The second-order valence-electron chi connectivity index (χ2n) is 5.42. The van der Waals surface area contributed by atoms with Crippen LogP contribution in [-0.2, 0) is 11.3 Å². The van der Waals surface area contributed by atoms with Gasteiger partial charge in [-0.25, -0.2) is 0 Å². The third kappa shape index (κ3) is 4.82. The van der Waals surface area contributed by atoms with Gasteiger partial charge >= 0.3 is 0 Å². The summed E-state index contributed by atoms with van der Waals surface area (Å²) in [6.07, 6.45) is 0. The third-order valence-corrected chi connectivity index (χ3v) is 3.65. The number of rotatable bonds is 6. The van der Waals surface area contributed by atoms with E-state index in [9.17, 15) is 9.59 Å². The van der Waals surface area contributed by atoms with Gasteiger partial charge in [0.25, 0.3) is 11.8 Å². The summed E-state index contributed by atoms with van der Waals surface area (Å²) < 4.78 is 5.45. The van der Waals surface area contributed by atoms with E-state index in [1.54, 1.807) is 62.6 Å². The predicted molar refractivity (Wildman–Crippen MR) is 93.0 cm³/mol. The van der Waals surface area contributed by atoms with Crippen LogP contribution in [0.5, 0.6) is 5.75 Å². The molecule has 0 saturated carbocycles. The van der Waals surface area contributed by atoms with Crippen LogP contribution in [0.25, 0.3) is 0 Å². The number of ether oxygens (including phenoxy) is 1. The lowest BCUT2D eigenvalue weighted by Gasteiger charge is -2.18. The molecular formula is C19H19N3O3. The molecule has 25 heavy (non-hydrogen) atoms. The molecule has 0 aliphatic carbocycles. The average Bonchev–Trinajstić information content (AvgIpc) is 2.66. The highest BCUT2D eigenvalue weighted by molar-refractivity contribution is 5.93. The fraction of sp³-hybridized carbons (Fsp3) is 0.211. The van der Waals surface area contributed by atoms with Gasteiger partial charge in [0.05, 0.1) is 5.56 Å². The summed E-state index contributed by atoms with van der Waals surface area (Å²) >= 11 is 0. The number of benzene rings is 2. The highest BCUT2D eigenvalue weighted by Crippen LogP contribution is 2.16. The predicted octanol–water partition coefficient (Wildman–Crippen LogP) is 1.96. The van der Waals surface area contributed by atoms with Crippen molar-refractivity contribution >= 4 is 11.8 Å². The van der Waals surface area contributed by atoms with Crippen LogP contribution in [0.2, 0.25) is 0 Å². The van der Waals surface area contributed by atoms with Crippen LogP contribution < -0.4 is 10.1 Å². The molecule has 0 aliphatic rings. The maximum absolute atomic E-state index is 12.2. The van der Waals surface area contributed by atoms with Crippen LogP contribution in [0, 0.1) is 11.3 Å². The largest absolute Gasteiger partial charge is 0.482 e. The molecule has 2 aromatic carbocycles. The van der Waals surface area contributed by atoms with Crippen LogP contribution in [0.4, 0.5) is 0 Å². The van der Waals surface area contributed by atoms with Crippen molar-refractivity contribution in [2.45, 2.75) is 6.54 Å². The summed E-state index contributed by atoms with van der Waals surface area (Å²) in [7, 11) is 3.25. The summed E-state index contributed by atoms with van der Waals surface area (Å²) in [5.74, 6) is 0.0327. The van der Waals surface area contributed by atoms with Gasteiger partial charge in [0.1, 0.15) is 11.8 Å². The lowest BCUT2D eigenvalue weighted by molar-refractivity contribution is -0.132. The van der Waals surface area contributed by atoms with Crippen LogP contribution in [-0.4, -0.2) is 37.4 Å². The first-order chi connectivity index (χ1) is 12.0. The highest BCUT2D eigenvalue weighted by atomic mass is 16.5. The number of amides is 2. The molecule has 6 nitrogen and oxygen atoms in total. The smallest absolute Gasteiger partial charge is 0.260 e. The second kappa shape index (κ2) is 8.50. The number of nitrogens with zero attached hydrogens (tertiary/aromatic N) is 2. The minimum absolute atomic E-state index is 0.147. The van der Waals surface area contributed by atoms with Gasteiger partial charge in [-0.05, 0) is 29.8 Å². The lowest BCUT2D eigenvalue weighted by atomic mass is 10.1. The number of hydrogen-bond donors (Lipinski definition) is 1. The van der Waals surface area contributed by atoms with Crippen molar-refractivity contribution in [1.82, 2.24) is 10.2 Å². The van der Waals surface area contributed by atoms with Crippen molar-refractivity contribution in [3.05, 3.63) is 65.2 Å². The van der Waals surface area contributed by atoms with E-state index in [2.05, 4.69) is 5.32 Å². The molecule has 6 heteroatoms. The molecule has 1 N–H and O–H groups in total. The van der Waals surface area contributed by atoms with Crippen molar-refractivity contribution in [2.24, 2.45) is 0 Å². The zero-order chi connectivity index (χ0) is 18.2. The van der Waals surface area contributed by atoms with Gasteiger partial charge in [0.15, 0.2) is 6.61 Å². The maximum atomic E-state index is 12.2. The maximum Gasteiger partial charge on any atom is 0.260 e. The van der Waals surface area contributed by atoms with Gasteiger partial charge in [-0.2, -0.15) is 5.26 Å². The quantitative estimate of drug-likeness (QED) is 0.873. The molecule has 0 atom stereocenters. The van der Waals surface area contributed by atoms with E-state index in [0.29, 0.717) is 23.4 Å². The molecular weight excluding hydrogens is 318 g/mol. The Kier molecular flexibility index (Phi) is 6.13. The first-order valence-corrected chi connectivity index (χ1v) is 7.72. The van der Waals surface area contributed by atoms with E-state index in [1.807, 2.05) is 6.07 Å². The minimum atomic E-state index is -0.205. The molecule has 2 amide bonds. The van der Waals surface area contributed by atoms with Crippen molar-refractivity contribution < 1.29 is 14.3 Å². The number of hydrogen-bond acceptors (Lipinski definition) is 4. The average molecular weight is 337 g/mol. The monoisotopic (exact) mass is 337 g/mol. The Morgan fingerprint density at radius 2 is 1.84 bits per heavy atom. The Labute approximate surface area is 146 Å². The van der Waals surface area contributed by atoms with Crippen molar-refractivity contribution in [3.8, 4) is 11.8 Å². The minimum Gasteiger partial charge on any atom is -0.482 e. The second-order valence-corrected chi connectivity index (χ2v) is 5.42. The van der Waals surface area contributed by atoms with Crippen LogP contribution in [0.1, 0.15) is 21.5 Å². The SMILES string of the molecule is CNC(=O)c1ccc(CN(C)C(=O)COc2ccccc2C#N)cc1. The molecule has 0 unspecified atom stereocenters. The Balaban J connectivity index is 1.92. The van der Waals surface area contributed by atoms with Crippen molar-refractivity contribution in [1.29, 1.82) is 5.26 Å². The molecule has 0 bridgehead atoms. The Morgan fingerprint density at radius 3 is 2.48 bits per heavy atom. The van der Waals surface area contributed by atoms with E-state index >= 15 is 0 Å². The van der Waals surface area contributed by atoms with Crippen molar-refractivity contribution in [2.75, 3.05) is 20.7 Å². The molecule has 2 aromatic rings. The van der Waals surface area contributed by atoms with Gasteiger partial charge in [0, 0.05) is 26.2 Å². The number of nitrogens with one attached hydrogen (secondary N) is 1. The summed E-state index contributed by atoms with van der Waals surface area (Å²) in [6, 6.07) is 15.8. The van der Waals surface area contributed by atoms with Crippen molar-refractivity contribution in [3.63, 3.8) is 0 Å². The topological polar surface area (TPSA) is 82.4 Å². The lowest BCUT2D eigenvalue weighted by Crippen LogP contribution is -2.31. The highest BCUT2D eigenvalue weighted by Gasteiger charge is 2.12. The fourth-order valence-corrected chi connectivity index (χ4v) is 2.20. The fourth-order valence-electron chi connectivity index (χ4n) is 2.20. The number of carbonyl (C=O) groups is 2. The molecule has 0 aliphatic heterocycles. The van der Waals surface area contributed by atoms with E-state index in [4.69, 9.17) is 10.00 Å². The summed E-state index contributed by atoms with van der Waals surface area (Å²) in [4.78, 5) is 25.2. The Morgan fingerprint density at radius 1 is 1.16 bits per heavy atom. The Hall–Kier alpha value is -3.33. The zero-order valence-corrected chi connectivity index (χ0v) is 14.2. The van der Waals surface area contributed by atoms with Gasteiger partial charge in [-0.15, -0.1) is 0 Å². The summed E-state index contributed by atoms with van der Waals surface area (Å²) in [5.41, 5.74) is 1.86. The summed E-state index contributed by atoms with van der Waals surface area (Å²) in [6.45, 7) is 0.252. The standard InChI is InChI=1S/C19H19N3O3/c1-21-19(24)15-9-7-14(8-10-15)12-22(2)18(23)13-25-17-6-4-3-5-16(17)11-20/h3-10H,12-13H2,1-2H3,(H,21,24). The molecule has 2 rings (SSSR count). The molecule has 0 fully saturated rings. The number of nitriles is 1.